The minimum absolute atomic E-state index is 0.0199. The maximum atomic E-state index is 12.4. The molecule has 132 valence electrons. The van der Waals surface area contributed by atoms with E-state index in [4.69, 9.17) is 4.74 Å². The lowest BCUT2D eigenvalue weighted by Crippen LogP contribution is -2.35. The quantitative estimate of drug-likeness (QED) is 0.764. The van der Waals surface area contributed by atoms with E-state index in [1.807, 2.05) is 0 Å². The molecule has 9 heteroatoms. The van der Waals surface area contributed by atoms with Gasteiger partial charge in [0.05, 0.1) is 31.0 Å². The van der Waals surface area contributed by atoms with Crippen molar-refractivity contribution in [3.8, 4) is 0 Å². The Morgan fingerprint density at radius 2 is 2.12 bits per heavy atom. The van der Waals surface area contributed by atoms with E-state index < -0.39 is 11.9 Å². The van der Waals surface area contributed by atoms with Crippen LogP contribution in [0.15, 0.2) is 28.1 Å². The monoisotopic (exact) mass is 425 g/mol. The van der Waals surface area contributed by atoms with E-state index in [0.29, 0.717) is 24.2 Å². The average molecular weight is 426 g/mol. The molecular formula is C16H16BrN3O4S. The van der Waals surface area contributed by atoms with Crippen LogP contribution >= 0.6 is 27.3 Å². The van der Waals surface area contributed by atoms with Crippen LogP contribution in [0.4, 0.5) is 5.69 Å². The van der Waals surface area contributed by atoms with Gasteiger partial charge in [-0.25, -0.2) is 9.78 Å². The summed E-state index contributed by atoms with van der Waals surface area (Å²) < 4.78 is 5.94. The number of carboxylic acid groups (broad SMARTS) is 1. The number of hydrogen-bond donors (Lipinski definition) is 2. The van der Waals surface area contributed by atoms with Crippen LogP contribution in [-0.4, -0.2) is 53.2 Å². The number of carboxylic acids is 1. The number of morpholine rings is 1. The van der Waals surface area contributed by atoms with Crippen molar-refractivity contribution >= 4 is 44.8 Å². The van der Waals surface area contributed by atoms with Crippen LogP contribution in [-0.2, 0) is 11.3 Å². The second-order valence-electron chi connectivity index (χ2n) is 5.46. The Balaban J connectivity index is 1.69. The molecule has 0 aliphatic carbocycles. The van der Waals surface area contributed by atoms with Gasteiger partial charge in [-0.15, -0.1) is 11.3 Å². The van der Waals surface area contributed by atoms with Crippen molar-refractivity contribution in [3.05, 3.63) is 44.3 Å². The van der Waals surface area contributed by atoms with Crippen LogP contribution in [0.2, 0.25) is 0 Å². The molecule has 0 atom stereocenters. The topological polar surface area (TPSA) is 91.8 Å². The Morgan fingerprint density at radius 3 is 2.84 bits per heavy atom. The second-order valence-corrected chi connectivity index (χ2v) is 7.32. The van der Waals surface area contributed by atoms with Crippen molar-refractivity contribution in [1.82, 2.24) is 9.88 Å². The number of amides is 1. The number of thiazole rings is 1. The van der Waals surface area contributed by atoms with Gasteiger partial charge in [0.2, 0.25) is 0 Å². The van der Waals surface area contributed by atoms with E-state index in [9.17, 15) is 14.7 Å². The highest BCUT2D eigenvalue weighted by Gasteiger charge is 2.18. The van der Waals surface area contributed by atoms with Crippen LogP contribution in [0.25, 0.3) is 0 Å². The van der Waals surface area contributed by atoms with Crippen molar-refractivity contribution in [1.29, 1.82) is 0 Å². The fourth-order valence-electron chi connectivity index (χ4n) is 2.43. The van der Waals surface area contributed by atoms with Gasteiger partial charge in [-0.05, 0) is 18.2 Å². The molecule has 0 saturated carbocycles. The van der Waals surface area contributed by atoms with Gasteiger partial charge in [-0.1, -0.05) is 15.9 Å². The largest absolute Gasteiger partial charge is 0.478 e. The third-order valence-corrected chi connectivity index (χ3v) is 5.03. The number of halogens is 1. The van der Waals surface area contributed by atoms with Crippen LogP contribution in [0.3, 0.4) is 0 Å². The maximum Gasteiger partial charge on any atom is 0.337 e. The van der Waals surface area contributed by atoms with Crippen LogP contribution in [0, 0.1) is 0 Å². The number of carbonyl (C=O) groups is 2. The first kappa shape index (κ1) is 18.0. The van der Waals surface area contributed by atoms with Crippen LogP contribution in [0.1, 0.15) is 25.9 Å². The smallest absolute Gasteiger partial charge is 0.337 e. The Labute approximate surface area is 156 Å². The molecule has 1 amide bonds. The highest BCUT2D eigenvalue weighted by molar-refractivity contribution is 9.10. The molecule has 0 bridgehead atoms. The van der Waals surface area contributed by atoms with Gasteiger partial charge in [0.15, 0.2) is 0 Å². The Hall–Kier alpha value is -1.81. The molecule has 7 nitrogen and oxygen atoms in total. The molecule has 1 aliphatic rings. The lowest BCUT2D eigenvalue weighted by atomic mass is 10.2. The van der Waals surface area contributed by atoms with E-state index in [2.05, 4.69) is 31.1 Å². The molecule has 2 aromatic rings. The van der Waals surface area contributed by atoms with E-state index in [1.165, 1.54) is 17.4 Å². The summed E-state index contributed by atoms with van der Waals surface area (Å²) in [5.74, 6) is -1.53. The molecule has 0 radical (unpaired) electrons. The SMILES string of the molecule is O=C(Nc1ccc(Br)cc1C(=O)O)c1csc(CN2CCOCC2)n1. The average Bonchev–Trinajstić information content (AvgIpc) is 3.06. The third-order valence-electron chi connectivity index (χ3n) is 3.71. The highest BCUT2D eigenvalue weighted by atomic mass is 79.9. The summed E-state index contributed by atoms with van der Waals surface area (Å²) in [5.41, 5.74) is 0.544. The normalized spacial score (nSPS) is 15.1. The van der Waals surface area contributed by atoms with Crippen LogP contribution in [0.5, 0.6) is 0 Å². The van der Waals surface area contributed by atoms with Gasteiger partial charge >= 0.3 is 5.97 Å². The number of nitrogens with zero attached hydrogens (tertiary/aromatic N) is 2. The second kappa shape index (κ2) is 8.05. The summed E-state index contributed by atoms with van der Waals surface area (Å²) in [6.45, 7) is 3.80. The lowest BCUT2D eigenvalue weighted by molar-refractivity contribution is 0.0341. The standard InChI is InChI=1S/C16H16BrN3O4S/c17-10-1-2-12(11(7-10)16(22)23)19-15(21)13-9-25-14(18-13)8-20-3-5-24-6-4-20/h1-2,7,9H,3-6,8H2,(H,19,21)(H,22,23). The fraction of sp³-hybridized carbons (Fsp3) is 0.312. The number of hydrogen-bond acceptors (Lipinski definition) is 6. The summed E-state index contributed by atoms with van der Waals surface area (Å²) in [6, 6.07) is 4.67. The number of carbonyl (C=O) groups excluding carboxylic acids is 1. The van der Waals surface area contributed by atoms with Gasteiger partial charge in [-0.3, -0.25) is 9.69 Å². The number of aromatic nitrogens is 1. The highest BCUT2D eigenvalue weighted by Crippen LogP contribution is 2.22. The zero-order chi connectivity index (χ0) is 17.8. The molecule has 1 aromatic heterocycles. The molecule has 2 N–H and O–H groups in total. The molecular weight excluding hydrogens is 410 g/mol. The molecule has 1 fully saturated rings. The predicted octanol–water partition coefficient (Wildman–Crippen LogP) is 2.69. The number of benzene rings is 1. The van der Waals surface area contributed by atoms with Crippen molar-refractivity contribution in [2.75, 3.05) is 31.6 Å². The van der Waals surface area contributed by atoms with Crippen LogP contribution < -0.4 is 5.32 Å². The Morgan fingerprint density at radius 1 is 1.36 bits per heavy atom. The van der Waals surface area contributed by atoms with E-state index in [0.717, 1.165) is 18.1 Å². The van der Waals surface area contributed by atoms with Gasteiger partial charge in [0.1, 0.15) is 10.7 Å². The predicted molar refractivity (Wildman–Crippen MR) is 97.3 cm³/mol. The van der Waals surface area contributed by atoms with Gasteiger partial charge in [0, 0.05) is 22.9 Å². The molecule has 1 saturated heterocycles. The molecule has 3 rings (SSSR count). The zero-order valence-corrected chi connectivity index (χ0v) is 15.6. The molecule has 1 aliphatic heterocycles. The maximum absolute atomic E-state index is 12.4. The molecule has 2 heterocycles. The third kappa shape index (κ3) is 4.63. The molecule has 0 spiro atoms. The summed E-state index contributed by atoms with van der Waals surface area (Å²) >= 11 is 4.64. The number of ether oxygens (including phenoxy) is 1. The Bertz CT molecular complexity index is 789. The first-order chi connectivity index (χ1) is 12.0. The minimum Gasteiger partial charge on any atom is -0.478 e. The zero-order valence-electron chi connectivity index (χ0n) is 13.2. The van der Waals surface area contributed by atoms with Crippen molar-refractivity contribution in [2.24, 2.45) is 0 Å². The minimum atomic E-state index is -1.11. The van der Waals surface area contributed by atoms with Gasteiger partial charge < -0.3 is 15.2 Å². The molecule has 1 aromatic carbocycles. The Kier molecular flexibility index (Phi) is 5.79. The van der Waals surface area contributed by atoms with Gasteiger partial charge in [0.25, 0.3) is 5.91 Å². The van der Waals surface area contributed by atoms with E-state index in [-0.39, 0.29) is 16.9 Å². The first-order valence-corrected chi connectivity index (χ1v) is 9.29. The first-order valence-electron chi connectivity index (χ1n) is 7.61. The summed E-state index contributed by atoms with van der Waals surface area (Å²) in [5, 5.41) is 14.4. The van der Waals surface area contributed by atoms with E-state index in [1.54, 1.807) is 17.5 Å². The van der Waals surface area contributed by atoms with E-state index >= 15 is 0 Å². The van der Waals surface area contributed by atoms with Gasteiger partial charge in [-0.2, -0.15) is 0 Å². The van der Waals surface area contributed by atoms with Crippen molar-refractivity contribution in [2.45, 2.75) is 6.54 Å². The summed E-state index contributed by atoms with van der Waals surface area (Å²) in [7, 11) is 0. The van der Waals surface area contributed by atoms with Crippen molar-refractivity contribution < 1.29 is 19.4 Å². The summed E-state index contributed by atoms with van der Waals surface area (Å²) in [4.78, 5) is 30.3. The fourth-order valence-corrected chi connectivity index (χ4v) is 3.60. The lowest BCUT2D eigenvalue weighted by Gasteiger charge is -2.25. The number of aromatic carboxylic acids is 1. The number of nitrogens with one attached hydrogen (secondary N) is 1. The molecule has 25 heavy (non-hydrogen) atoms. The number of rotatable bonds is 5. The van der Waals surface area contributed by atoms with Crippen molar-refractivity contribution in [3.63, 3.8) is 0 Å². The summed E-state index contributed by atoms with van der Waals surface area (Å²) in [6.07, 6.45) is 0. The molecule has 0 unspecified atom stereocenters. The number of anilines is 1.